The Morgan fingerprint density at radius 2 is 2.12 bits per heavy atom. The van der Waals surface area contributed by atoms with E-state index in [1.165, 1.54) is 0 Å². The first-order chi connectivity index (χ1) is 16.1. The van der Waals surface area contributed by atoms with Crippen molar-refractivity contribution in [2.24, 2.45) is 5.92 Å². The molecule has 1 amide bonds. The number of carbonyl (C=O) groups excluding carboxylic acids is 1. The maximum absolute atomic E-state index is 13.2. The number of aliphatic carboxylic acids is 1. The number of ether oxygens (including phenoxy) is 1. The molecule has 33 heavy (non-hydrogen) atoms. The summed E-state index contributed by atoms with van der Waals surface area (Å²) >= 11 is 0. The molecule has 5 rings (SSSR count). The van der Waals surface area contributed by atoms with Crippen molar-refractivity contribution in [2.75, 3.05) is 13.2 Å². The average molecular weight is 447 g/mol. The van der Waals surface area contributed by atoms with Gasteiger partial charge < -0.3 is 14.7 Å². The minimum absolute atomic E-state index is 0.0117. The average Bonchev–Trinajstić information content (AvgIpc) is 3.43. The molecule has 3 aromatic heterocycles. The number of hydrogen-bond donors (Lipinski definition) is 1. The van der Waals surface area contributed by atoms with Crippen LogP contribution < -0.4 is 4.74 Å². The van der Waals surface area contributed by atoms with Crippen LogP contribution in [0.15, 0.2) is 42.6 Å². The first-order valence-electron chi connectivity index (χ1n) is 11.4. The molecular weight excluding hydrogens is 420 g/mol. The van der Waals surface area contributed by atoms with Crippen LogP contribution in [0.2, 0.25) is 0 Å². The molecule has 1 saturated heterocycles. The maximum atomic E-state index is 13.2. The second kappa shape index (κ2) is 9.13. The van der Waals surface area contributed by atoms with Gasteiger partial charge in [0.15, 0.2) is 5.65 Å². The van der Waals surface area contributed by atoms with Crippen LogP contribution in [0.4, 0.5) is 0 Å². The number of carboxylic acids is 1. The van der Waals surface area contributed by atoms with Crippen LogP contribution in [0.3, 0.4) is 0 Å². The van der Waals surface area contributed by atoms with E-state index in [4.69, 9.17) is 4.74 Å². The fraction of sp³-hybridized carbons (Fsp3) is 0.400. The smallest absolute Gasteiger partial charge is 0.305 e. The quantitative estimate of drug-likeness (QED) is 0.566. The highest BCUT2D eigenvalue weighted by Crippen LogP contribution is 2.34. The molecule has 3 aromatic rings. The summed E-state index contributed by atoms with van der Waals surface area (Å²) in [5.41, 5.74) is 3.31. The second-order valence-corrected chi connectivity index (χ2v) is 8.67. The highest BCUT2D eigenvalue weighted by atomic mass is 16.5. The van der Waals surface area contributed by atoms with E-state index in [1.54, 1.807) is 11.1 Å². The van der Waals surface area contributed by atoms with E-state index in [0.29, 0.717) is 24.7 Å². The Bertz CT molecular complexity index is 1200. The predicted octanol–water partition coefficient (Wildman–Crippen LogP) is 3.35. The molecular formula is C25H26N4O4. The summed E-state index contributed by atoms with van der Waals surface area (Å²) in [5, 5.41) is 10.5. The Morgan fingerprint density at radius 1 is 1.21 bits per heavy atom. The number of fused-ring (bicyclic) bond motifs is 2. The molecule has 0 aliphatic carbocycles. The number of hydrogen-bond acceptors (Lipinski definition) is 6. The molecule has 0 saturated carbocycles. The largest absolute Gasteiger partial charge is 0.481 e. The Kier molecular flexibility index (Phi) is 5.90. The number of nitrogens with zero attached hydrogens (tertiary/aromatic N) is 4. The Labute approximate surface area is 191 Å². The summed E-state index contributed by atoms with van der Waals surface area (Å²) in [6.45, 7) is 1.13. The molecule has 5 heterocycles. The highest BCUT2D eigenvalue weighted by Gasteiger charge is 2.38. The van der Waals surface area contributed by atoms with Gasteiger partial charge in [0.25, 0.3) is 0 Å². The lowest BCUT2D eigenvalue weighted by Crippen LogP contribution is -2.33. The summed E-state index contributed by atoms with van der Waals surface area (Å²) in [7, 11) is 0. The SMILES string of the molecule is O=C(O)CC(c1ccc2c(n1)OCC2)N1CCC(CCCc2ccc3cccnc3n2)C1=O. The fourth-order valence-electron chi connectivity index (χ4n) is 4.78. The van der Waals surface area contributed by atoms with Crippen molar-refractivity contribution < 1.29 is 19.4 Å². The molecule has 0 spiro atoms. The summed E-state index contributed by atoms with van der Waals surface area (Å²) in [4.78, 5) is 39.9. The highest BCUT2D eigenvalue weighted by molar-refractivity contribution is 5.82. The zero-order valence-electron chi connectivity index (χ0n) is 18.3. The number of pyridine rings is 3. The van der Waals surface area contributed by atoms with Crippen molar-refractivity contribution in [3.8, 4) is 5.88 Å². The molecule has 8 heteroatoms. The fourth-order valence-corrected chi connectivity index (χ4v) is 4.78. The van der Waals surface area contributed by atoms with Crippen molar-refractivity contribution in [3.63, 3.8) is 0 Å². The van der Waals surface area contributed by atoms with Crippen LogP contribution in [0.5, 0.6) is 5.88 Å². The number of amides is 1. The zero-order valence-corrected chi connectivity index (χ0v) is 18.3. The molecule has 2 unspecified atom stereocenters. The third kappa shape index (κ3) is 4.51. The molecule has 0 bridgehead atoms. The van der Waals surface area contributed by atoms with Crippen LogP contribution in [0.1, 0.15) is 48.7 Å². The predicted molar refractivity (Wildman–Crippen MR) is 121 cm³/mol. The molecule has 170 valence electrons. The van der Waals surface area contributed by atoms with Crippen molar-refractivity contribution in [1.82, 2.24) is 19.9 Å². The van der Waals surface area contributed by atoms with E-state index in [9.17, 15) is 14.7 Å². The monoisotopic (exact) mass is 446 g/mol. The first kappa shape index (κ1) is 21.3. The molecule has 1 N–H and O–H groups in total. The zero-order chi connectivity index (χ0) is 22.8. The summed E-state index contributed by atoms with van der Waals surface area (Å²) < 4.78 is 5.55. The van der Waals surface area contributed by atoms with Crippen molar-refractivity contribution in [2.45, 2.75) is 44.6 Å². The summed E-state index contributed by atoms with van der Waals surface area (Å²) in [6.07, 6.45) is 5.46. The molecule has 2 aliphatic rings. The van der Waals surface area contributed by atoms with Crippen LogP contribution in [-0.4, -0.2) is 50.0 Å². The van der Waals surface area contributed by atoms with E-state index in [-0.39, 0.29) is 18.2 Å². The van der Waals surface area contributed by atoms with Crippen LogP contribution in [-0.2, 0) is 22.4 Å². The number of rotatable bonds is 8. The minimum atomic E-state index is -0.949. The van der Waals surface area contributed by atoms with Gasteiger partial charge in [-0.25, -0.2) is 15.0 Å². The minimum Gasteiger partial charge on any atom is -0.481 e. The first-order valence-corrected chi connectivity index (χ1v) is 11.4. The number of carboxylic acid groups (broad SMARTS) is 1. The lowest BCUT2D eigenvalue weighted by atomic mass is 9.99. The molecule has 2 atom stereocenters. The van der Waals surface area contributed by atoms with Crippen molar-refractivity contribution >= 4 is 22.9 Å². The maximum Gasteiger partial charge on any atom is 0.305 e. The van der Waals surface area contributed by atoms with Crippen LogP contribution in [0, 0.1) is 5.92 Å². The third-order valence-electron chi connectivity index (χ3n) is 6.51. The summed E-state index contributed by atoms with van der Waals surface area (Å²) in [5.74, 6) is -0.484. The Morgan fingerprint density at radius 3 is 3.00 bits per heavy atom. The summed E-state index contributed by atoms with van der Waals surface area (Å²) in [6, 6.07) is 11.1. The van der Waals surface area contributed by atoms with Crippen molar-refractivity contribution in [1.29, 1.82) is 0 Å². The van der Waals surface area contributed by atoms with Gasteiger partial charge in [-0.2, -0.15) is 0 Å². The number of likely N-dealkylation sites (tertiary alicyclic amines) is 1. The van der Waals surface area contributed by atoms with E-state index in [1.807, 2.05) is 36.4 Å². The number of carbonyl (C=O) groups is 2. The molecule has 8 nitrogen and oxygen atoms in total. The second-order valence-electron chi connectivity index (χ2n) is 8.67. The van der Waals surface area contributed by atoms with E-state index in [2.05, 4.69) is 15.0 Å². The molecule has 1 fully saturated rings. The van der Waals surface area contributed by atoms with Crippen molar-refractivity contribution in [3.05, 3.63) is 59.5 Å². The van der Waals surface area contributed by atoms with Gasteiger partial charge in [-0.05, 0) is 56.0 Å². The van der Waals surface area contributed by atoms with Gasteiger partial charge in [0, 0.05) is 41.7 Å². The molecule has 2 aliphatic heterocycles. The lowest BCUT2D eigenvalue weighted by Gasteiger charge is -2.27. The van der Waals surface area contributed by atoms with Gasteiger partial charge in [0.05, 0.1) is 24.8 Å². The Hall–Kier alpha value is -3.55. The normalized spacial score (nSPS) is 18.4. The van der Waals surface area contributed by atoms with Crippen LogP contribution >= 0.6 is 0 Å². The van der Waals surface area contributed by atoms with E-state index < -0.39 is 12.0 Å². The standard InChI is InChI=1S/C25H26N4O4/c30-22(31)15-21(20-9-7-17-11-14-33-24(17)28-20)29-13-10-18(25(29)32)3-1-5-19-8-6-16-4-2-12-26-23(16)27-19/h2,4,6-9,12,18,21H,1,3,5,10-11,13-15H2,(H,30,31). The topological polar surface area (TPSA) is 106 Å². The number of aryl methyl sites for hydroxylation is 1. The number of aromatic nitrogens is 3. The van der Waals surface area contributed by atoms with Gasteiger partial charge in [-0.15, -0.1) is 0 Å². The van der Waals surface area contributed by atoms with E-state index >= 15 is 0 Å². The lowest BCUT2D eigenvalue weighted by molar-refractivity contribution is -0.140. The van der Waals surface area contributed by atoms with Gasteiger partial charge in [-0.1, -0.05) is 6.07 Å². The van der Waals surface area contributed by atoms with Gasteiger partial charge in [-0.3, -0.25) is 9.59 Å². The van der Waals surface area contributed by atoms with Crippen LogP contribution in [0.25, 0.3) is 11.0 Å². The molecule has 0 aromatic carbocycles. The van der Waals surface area contributed by atoms with Gasteiger partial charge in [0.2, 0.25) is 11.8 Å². The molecule has 0 radical (unpaired) electrons. The van der Waals surface area contributed by atoms with E-state index in [0.717, 1.165) is 54.4 Å². The van der Waals surface area contributed by atoms with Gasteiger partial charge in [0.1, 0.15) is 0 Å². The third-order valence-corrected chi connectivity index (χ3v) is 6.51. The van der Waals surface area contributed by atoms with Gasteiger partial charge >= 0.3 is 5.97 Å². The Balaban J connectivity index is 1.24.